The van der Waals surface area contributed by atoms with Gasteiger partial charge in [0.2, 0.25) is 11.8 Å². The fourth-order valence-electron chi connectivity index (χ4n) is 3.19. The number of carbonyl (C=O) groups excluding carboxylic acids is 2. The first-order chi connectivity index (χ1) is 12.0. The third-order valence-corrected chi connectivity index (χ3v) is 4.58. The molecular formula is C20H21FN2O2. The summed E-state index contributed by atoms with van der Waals surface area (Å²) in [6.45, 7) is 2.41. The first-order valence-electron chi connectivity index (χ1n) is 8.41. The smallest absolute Gasteiger partial charge is 0.243 e. The monoisotopic (exact) mass is 340 g/mol. The van der Waals surface area contributed by atoms with Crippen LogP contribution in [0.15, 0.2) is 48.5 Å². The van der Waals surface area contributed by atoms with E-state index in [1.165, 1.54) is 19.1 Å². The second-order valence-corrected chi connectivity index (χ2v) is 6.30. The van der Waals surface area contributed by atoms with Gasteiger partial charge in [0.1, 0.15) is 11.9 Å². The molecule has 1 atom stereocenters. The van der Waals surface area contributed by atoms with Crippen molar-refractivity contribution in [3.05, 3.63) is 71.0 Å². The van der Waals surface area contributed by atoms with Gasteiger partial charge in [-0.05, 0) is 35.2 Å². The van der Waals surface area contributed by atoms with Gasteiger partial charge in [0.15, 0.2) is 0 Å². The van der Waals surface area contributed by atoms with E-state index in [0.29, 0.717) is 25.9 Å². The number of amides is 2. The molecule has 130 valence electrons. The van der Waals surface area contributed by atoms with E-state index >= 15 is 0 Å². The summed E-state index contributed by atoms with van der Waals surface area (Å²) in [4.78, 5) is 26.2. The van der Waals surface area contributed by atoms with E-state index < -0.39 is 6.04 Å². The van der Waals surface area contributed by atoms with Crippen LogP contribution in [0.3, 0.4) is 0 Å². The molecule has 2 aromatic carbocycles. The van der Waals surface area contributed by atoms with Crippen LogP contribution in [-0.4, -0.2) is 29.3 Å². The number of nitrogens with one attached hydrogen (secondary N) is 1. The molecule has 2 aromatic rings. The maximum Gasteiger partial charge on any atom is 0.243 e. The van der Waals surface area contributed by atoms with Gasteiger partial charge in [-0.1, -0.05) is 36.4 Å². The second-order valence-electron chi connectivity index (χ2n) is 6.30. The molecule has 0 fully saturated rings. The van der Waals surface area contributed by atoms with Crippen LogP contribution in [0.5, 0.6) is 0 Å². The van der Waals surface area contributed by atoms with E-state index in [1.54, 1.807) is 17.0 Å². The van der Waals surface area contributed by atoms with Crippen molar-refractivity contribution in [1.29, 1.82) is 0 Å². The van der Waals surface area contributed by atoms with Crippen molar-refractivity contribution in [2.75, 3.05) is 6.54 Å². The zero-order valence-corrected chi connectivity index (χ0v) is 14.2. The molecule has 0 bridgehead atoms. The predicted molar refractivity (Wildman–Crippen MR) is 93.3 cm³/mol. The van der Waals surface area contributed by atoms with Gasteiger partial charge in [-0.2, -0.15) is 0 Å². The van der Waals surface area contributed by atoms with Crippen LogP contribution < -0.4 is 5.32 Å². The molecule has 25 heavy (non-hydrogen) atoms. The molecule has 3 rings (SSSR count). The van der Waals surface area contributed by atoms with E-state index in [1.807, 2.05) is 24.3 Å². The number of rotatable bonds is 4. The molecule has 0 saturated heterocycles. The van der Waals surface area contributed by atoms with Gasteiger partial charge in [-0.15, -0.1) is 0 Å². The zero-order valence-electron chi connectivity index (χ0n) is 14.2. The third-order valence-electron chi connectivity index (χ3n) is 4.58. The van der Waals surface area contributed by atoms with Crippen LogP contribution in [-0.2, 0) is 29.0 Å². The van der Waals surface area contributed by atoms with Crippen molar-refractivity contribution in [1.82, 2.24) is 10.2 Å². The van der Waals surface area contributed by atoms with Crippen molar-refractivity contribution in [2.24, 2.45) is 0 Å². The Morgan fingerprint density at radius 3 is 2.48 bits per heavy atom. The molecular weight excluding hydrogens is 319 g/mol. The zero-order chi connectivity index (χ0) is 17.8. The molecule has 1 aliphatic rings. The highest BCUT2D eigenvalue weighted by Crippen LogP contribution is 2.23. The quantitative estimate of drug-likeness (QED) is 0.929. The Labute approximate surface area is 146 Å². The Morgan fingerprint density at radius 1 is 1.12 bits per heavy atom. The molecule has 2 amide bonds. The van der Waals surface area contributed by atoms with Crippen molar-refractivity contribution in [3.63, 3.8) is 0 Å². The number of halogens is 1. The molecule has 1 N–H and O–H groups in total. The Morgan fingerprint density at radius 2 is 1.80 bits per heavy atom. The SMILES string of the molecule is CC(=O)N1Cc2ccccc2C[C@H]1C(=O)NCCc1ccc(F)cc1. The average Bonchev–Trinajstić information content (AvgIpc) is 2.62. The molecule has 0 unspecified atom stereocenters. The van der Waals surface area contributed by atoms with Crippen molar-refractivity contribution in [3.8, 4) is 0 Å². The minimum atomic E-state index is -0.486. The van der Waals surface area contributed by atoms with Gasteiger partial charge in [-0.3, -0.25) is 9.59 Å². The van der Waals surface area contributed by atoms with Crippen LogP contribution in [0, 0.1) is 5.82 Å². The number of fused-ring (bicyclic) bond motifs is 1. The summed E-state index contributed by atoms with van der Waals surface area (Å²) in [5, 5.41) is 2.90. The molecule has 1 aliphatic heterocycles. The lowest BCUT2D eigenvalue weighted by molar-refractivity contribution is -0.140. The standard InChI is InChI=1S/C20H21FN2O2/c1-14(24)23-13-17-5-3-2-4-16(17)12-19(23)20(25)22-11-10-15-6-8-18(21)9-7-15/h2-9,19H,10-13H2,1H3,(H,22,25)/t19-/m0/s1. The summed E-state index contributed by atoms with van der Waals surface area (Å²) in [6, 6.07) is 13.6. The summed E-state index contributed by atoms with van der Waals surface area (Å²) in [7, 11) is 0. The molecule has 0 saturated carbocycles. The lowest BCUT2D eigenvalue weighted by Gasteiger charge is -2.35. The van der Waals surface area contributed by atoms with Crippen molar-refractivity contribution >= 4 is 11.8 Å². The molecule has 0 aromatic heterocycles. The van der Waals surface area contributed by atoms with Crippen LogP contribution >= 0.6 is 0 Å². The van der Waals surface area contributed by atoms with E-state index in [-0.39, 0.29) is 17.6 Å². The third kappa shape index (κ3) is 4.05. The Bertz CT molecular complexity index is 774. The van der Waals surface area contributed by atoms with Crippen LogP contribution in [0.1, 0.15) is 23.6 Å². The Hall–Kier alpha value is -2.69. The maximum absolute atomic E-state index is 12.9. The van der Waals surface area contributed by atoms with Crippen LogP contribution in [0.25, 0.3) is 0 Å². The van der Waals surface area contributed by atoms with Gasteiger partial charge in [0.25, 0.3) is 0 Å². The Balaban J connectivity index is 1.63. The summed E-state index contributed by atoms with van der Waals surface area (Å²) in [6.07, 6.45) is 1.15. The molecule has 4 nitrogen and oxygen atoms in total. The van der Waals surface area contributed by atoms with Crippen LogP contribution in [0.2, 0.25) is 0 Å². The average molecular weight is 340 g/mol. The maximum atomic E-state index is 12.9. The van der Waals surface area contributed by atoms with E-state index in [0.717, 1.165) is 16.7 Å². The van der Waals surface area contributed by atoms with Gasteiger partial charge in [0.05, 0.1) is 0 Å². The molecule has 1 heterocycles. The number of benzene rings is 2. The van der Waals surface area contributed by atoms with Crippen molar-refractivity contribution in [2.45, 2.75) is 32.4 Å². The topological polar surface area (TPSA) is 49.4 Å². The number of hydrogen-bond donors (Lipinski definition) is 1. The molecule has 5 heteroatoms. The van der Waals surface area contributed by atoms with Crippen LogP contribution in [0.4, 0.5) is 4.39 Å². The highest BCUT2D eigenvalue weighted by Gasteiger charge is 2.32. The summed E-state index contributed by atoms with van der Waals surface area (Å²) >= 11 is 0. The number of nitrogens with zero attached hydrogens (tertiary/aromatic N) is 1. The summed E-state index contributed by atoms with van der Waals surface area (Å²) in [5.41, 5.74) is 3.16. The van der Waals surface area contributed by atoms with Gasteiger partial charge >= 0.3 is 0 Å². The molecule has 0 aliphatic carbocycles. The number of carbonyl (C=O) groups is 2. The first kappa shape index (κ1) is 17.1. The summed E-state index contributed by atoms with van der Waals surface area (Å²) < 4.78 is 12.9. The van der Waals surface area contributed by atoms with E-state index in [4.69, 9.17) is 0 Å². The largest absolute Gasteiger partial charge is 0.354 e. The van der Waals surface area contributed by atoms with Gasteiger partial charge in [-0.25, -0.2) is 4.39 Å². The lowest BCUT2D eigenvalue weighted by Crippen LogP contribution is -2.52. The van der Waals surface area contributed by atoms with Gasteiger partial charge < -0.3 is 10.2 Å². The lowest BCUT2D eigenvalue weighted by atomic mass is 9.93. The molecule has 0 spiro atoms. The fraction of sp³-hybridized carbons (Fsp3) is 0.300. The fourth-order valence-corrected chi connectivity index (χ4v) is 3.19. The highest BCUT2D eigenvalue weighted by molar-refractivity contribution is 5.87. The summed E-state index contributed by atoms with van der Waals surface area (Å²) in [5.74, 6) is -0.522. The Kier molecular flexibility index (Phi) is 5.12. The van der Waals surface area contributed by atoms with Gasteiger partial charge in [0, 0.05) is 26.4 Å². The molecule has 0 radical (unpaired) electrons. The van der Waals surface area contributed by atoms with Crippen molar-refractivity contribution < 1.29 is 14.0 Å². The second kappa shape index (κ2) is 7.47. The normalized spacial score (nSPS) is 16.2. The first-order valence-corrected chi connectivity index (χ1v) is 8.41. The number of hydrogen-bond acceptors (Lipinski definition) is 2. The van der Waals surface area contributed by atoms with E-state index in [9.17, 15) is 14.0 Å². The highest BCUT2D eigenvalue weighted by atomic mass is 19.1. The van der Waals surface area contributed by atoms with E-state index in [2.05, 4.69) is 5.32 Å². The predicted octanol–water partition coefficient (Wildman–Crippen LogP) is 2.46. The minimum absolute atomic E-state index is 0.104. The minimum Gasteiger partial charge on any atom is -0.354 e.